The highest BCUT2D eigenvalue weighted by molar-refractivity contribution is 6.38. The molecular formula is C31H31F2N5O5. The first-order valence-electron chi connectivity index (χ1n) is 14.3. The van der Waals surface area contributed by atoms with E-state index in [4.69, 9.17) is 0 Å². The largest absolute Gasteiger partial charge is 0.356 e. The number of hydrogen-bond acceptors (Lipinski definition) is 5. The molecule has 1 saturated carbocycles. The Morgan fingerprint density at radius 2 is 1.77 bits per heavy atom. The SMILES string of the molecule is O=C(NCc1ccccc1)C(=O)C(C[C@@H]1CCNC1=O)NC(=O)[C@@H]1C[C@@]2(CN1C(=O)c1cc3ccccc3[nH]1)CC2(F)F. The van der Waals surface area contributed by atoms with Crippen molar-refractivity contribution in [1.29, 1.82) is 0 Å². The lowest BCUT2D eigenvalue weighted by Crippen LogP contribution is -2.54. The first-order valence-corrected chi connectivity index (χ1v) is 14.3. The van der Waals surface area contributed by atoms with Gasteiger partial charge in [0.25, 0.3) is 17.7 Å². The van der Waals surface area contributed by atoms with E-state index in [1.165, 1.54) is 0 Å². The quantitative estimate of drug-likeness (QED) is 0.283. The van der Waals surface area contributed by atoms with E-state index in [1.54, 1.807) is 54.6 Å². The number of H-pyrrole nitrogens is 1. The molecule has 2 saturated heterocycles. The molecule has 3 aliphatic rings. The first kappa shape index (κ1) is 28.5. The Morgan fingerprint density at radius 1 is 1.05 bits per heavy atom. The van der Waals surface area contributed by atoms with E-state index in [9.17, 15) is 32.8 Å². The predicted molar refractivity (Wildman–Crippen MR) is 151 cm³/mol. The van der Waals surface area contributed by atoms with Gasteiger partial charge in [-0.05, 0) is 37.0 Å². The number of Topliss-reactive ketones (excluding diaryl/α,β-unsaturated/α-hetero) is 1. The molecule has 4 atom stereocenters. The van der Waals surface area contributed by atoms with Gasteiger partial charge in [0, 0.05) is 42.9 Å². The molecule has 6 rings (SSSR count). The fourth-order valence-electron chi connectivity index (χ4n) is 6.22. The number of nitrogens with one attached hydrogen (secondary N) is 4. The fourth-order valence-corrected chi connectivity index (χ4v) is 6.22. The lowest BCUT2D eigenvalue weighted by molar-refractivity contribution is -0.141. The molecule has 1 unspecified atom stereocenters. The zero-order chi connectivity index (χ0) is 30.4. The number of rotatable bonds is 9. The molecule has 4 amide bonds. The van der Waals surface area contributed by atoms with Crippen molar-refractivity contribution < 1.29 is 32.8 Å². The molecule has 1 spiro atoms. The molecule has 2 aliphatic heterocycles. The number of alkyl halides is 2. The van der Waals surface area contributed by atoms with Crippen LogP contribution in [0, 0.1) is 11.3 Å². The van der Waals surface area contributed by atoms with Crippen molar-refractivity contribution in [1.82, 2.24) is 25.8 Å². The number of likely N-dealkylation sites (tertiary alicyclic amines) is 1. The van der Waals surface area contributed by atoms with Crippen molar-refractivity contribution in [3.05, 3.63) is 71.9 Å². The smallest absolute Gasteiger partial charge is 0.289 e. The van der Waals surface area contributed by atoms with Gasteiger partial charge in [0.05, 0.1) is 11.5 Å². The summed E-state index contributed by atoms with van der Waals surface area (Å²) in [5.74, 6) is -7.30. The van der Waals surface area contributed by atoms with Gasteiger partial charge >= 0.3 is 0 Å². The van der Waals surface area contributed by atoms with Crippen molar-refractivity contribution in [2.24, 2.45) is 11.3 Å². The molecule has 10 nitrogen and oxygen atoms in total. The van der Waals surface area contributed by atoms with E-state index < -0.39 is 59.3 Å². The van der Waals surface area contributed by atoms with Gasteiger partial charge in [0.1, 0.15) is 11.7 Å². The van der Waals surface area contributed by atoms with Gasteiger partial charge in [-0.2, -0.15) is 0 Å². The number of benzene rings is 2. The summed E-state index contributed by atoms with van der Waals surface area (Å²) in [6.45, 7) is 0.141. The van der Waals surface area contributed by atoms with Crippen LogP contribution < -0.4 is 16.0 Å². The molecule has 0 radical (unpaired) electrons. The number of amides is 4. The molecular weight excluding hydrogens is 560 g/mol. The highest BCUT2D eigenvalue weighted by Crippen LogP contribution is 2.66. The molecule has 1 aromatic heterocycles. The predicted octanol–water partition coefficient (Wildman–Crippen LogP) is 2.30. The van der Waals surface area contributed by atoms with Gasteiger partial charge in [-0.15, -0.1) is 0 Å². The molecule has 4 N–H and O–H groups in total. The Labute approximate surface area is 245 Å². The van der Waals surface area contributed by atoms with Crippen molar-refractivity contribution in [2.75, 3.05) is 13.1 Å². The van der Waals surface area contributed by atoms with Crippen LogP contribution in [0.1, 0.15) is 41.7 Å². The number of halogens is 2. The van der Waals surface area contributed by atoms with Crippen LogP contribution in [0.15, 0.2) is 60.7 Å². The third-order valence-electron chi connectivity index (χ3n) is 8.80. The number of aromatic nitrogens is 1. The lowest BCUT2D eigenvalue weighted by atomic mass is 9.94. The van der Waals surface area contributed by atoms with Gasteiger partial charge in [-0.3, -0.25) is 24.0 Å². The number of ketones is 1. The Morgan fingerprint density at radius 3 is 2.44 bits per heavy atom. The first-order chi connectivity index (χ1) is 20.6. The van der Waals surface area contributed by atoms with E-state index in [2.05, 4.69) is 20.9 Å². The van der Waals surface area contributed by atoms with E-state index in [0.717, 1.165) is 15.8 Å². The lowest BCUT2D eigenvalue weighted by Gasteiger charge is -2.26. The normalized spacial score (nSPS) is 24.5. The van der Waals surface area contributed by atoms with Gasteiger partial charge in [-0.1, -0.05) is 48.5 Å². The maximum atomic E-state index is 14.5. The maximum Gasteiger partial charge on any atom is 0.289 e. The number of fused-ring (bicyclic) bond motifs is 1. The Bertz CT molecular complexity index is 1580. The summed E-state index contributed by atoms with van der Waals surface area (Å²) < 4.78 is 29.1. The number of carbonyl (C=O) groups excluding carboxylic acids is 5. The summed E-state index contributed by atoms with van der Waals surface area (Å²) >= 11 is 0. The van der Waals surface area contributed by atoms with Crippen LogP contribution >= 0.6 is 0 Å². The van der Waals surface area contributed by atoms with Crippen LogP contribution in [0.5, 0.6) is 0 Å². The van der Waals surface area contributed by atoms with Gasteiger partial charge in [0.15, 0.2) is 0 Å². The molecule has 43 heavy (non-hydrogen) atoms. The molecule has 3 aromatic rings. The topological polar surface area (TPSA) is 140 Å². The van der Waals surface area contributed by atoms with E-state index in [0.29, 0.717) is 18.5 Å². The summed E-state index contributed by atoms with van der Waals surface area (Å²) in [4.78, 5) is 70.0. The average molecular weight is 592 g/mol. The van der Waals surface area contributed by atoms with E-state index >= 15 is 0 Å². The highest BCUT2D eigenvalue weighted by atomic mass is 19.3. The van der Waals surface area contributed by atoms with Crippen LogP contribution in [0.2, 0.25) is 0 Å². The Balaban J connectivity index is 1.22. The van der Waals surface area contributed by atoms with Crippen LogP contribution in [0.3, 0.4) is 0 Å². The number of aromatic amines is 1. The number of nitrogens with zero attached hydrogens (tertiary/aromatic N) is 1. The van der Waals surface area contributed by atoms with Crippen molar-refractivity contribution >= 4 is 40.3 Å². The second kappa shape index (κ2) is 10.9. The maximum absolute atomic E-state index is 14.5. The second-order valence-electron chi connectivity index (χ2n) is 11.7. The summed E-state index contributed by atoms with van der Waals surface area (Å²) in [5, 5.41) is 8.53. The molecule has 3 heterocycles. The summed E-state index contributed by atoms with van der Waals surface area (Å²) in [7, 11) is 0. The summed E-state index contributed by atoms with van der Waals surface area (Å²) in [6, 6.07) is 15.0. The van der Waals surface area contributed by atoms with Gasteiger partial charge < -0.3 is 25.8 Å². The minimum Gasteiger partial charge on any atom is -0.356 e. The minimum absolute atomic E-state index is 0.0724. The van der Waals surface area contributed by atoms with Gasteiger partial charge in [-0.25, -0.2) is 8.78 Å². The fraction of sp³-hybridized carbons (Fsp3) is 0.387. The highest BCUT2D eigenvalue weighted by Gasteiger charge is 2.75. The molecule has 12 heteroatoms. The third-order valence-corrected chi connectivity index (χ3v) is 8.80. The number of hydrogen-bond donors (Lipinski definition) is 4. The molecule has 224 valence electrons. The minimum atomic E-state index is -3.03. The number of para-hydroxylation sites is 1. The van der Waals surface area contributed by atoms with Crippen LogP contribution in [-0.4, -0.2) is 70.4 Å². The van der Waals surface area contributed by atoms with Crippen LogP contribution in [0.4, 0.5) is 8.78 Å². The Kier molecular flexibility index (Phi) is 7.23. The van der Waals surface area contributed by atoms with Crippen molar-refractivity contribution in [3.8, 4) is 0 Å². The molecule has 3 fully saturated rings. The van der Waals surface area contributed by atoms with Crippen LogP contribution in [-0.2, 0) is 25.7 Å². The van der Waals surface area contributed by atoms with Crippen LogP contribution in [0.25, 0.3) is 10.9 Å². The zero-order valence-electron chi connectivity index (χ0n) is 23.2. The second-order valence-corrected chi connectivity index (χ2v) is 11.7. The number of carbonyl (C=O) groups is 5. The summed E-state index contributed by atoms with van der Waals surface area (Å²) in [5.41, 5.74) is 0.0523. The molecule has 1 aliphatic carbocycles. The monoisotopic (exact) mass is 591 g/mol. The Hall–Kier alpha value is -4.61. The standard InChI is InChI=1S/C31H31F2N5O5/c32-31(33)16-30(31)14-24(38(17-30)29(43)23-12-19-8-4-5-9-21(19)36-23)27(41)37-22(13-20-10-11-34-26(20)40)25(39)28(42)35-15-18-6-2-1-3-7-18/h1-9,12,20,22,24,36H,10-11,13-17H2,(H,34,40)(H,35,42)(H,37,41)/t20-,22?,24-,30-/m0/s1. The van der Waals surface area contributed by atoms with E-state index in [-0.39, 0.29) is 37.5 Å². The third kappa shape index (κ3) is 5.49. The zero-order valence-corrected chi connectivity index (χ0v) is 23.2. The average Bonchev–Trinajstić information content (AvgIpc) is 3.48. The van der Waals surface area contributed by atoms with Crippen molar-refractivity contribution in [2.45, 2.75) is 50.2 Å². The van der Waals surface area contributed by atoms with Crippen molar-refractivity contribution in [3.63, 3.8) is 0 Å². The molecule has 2 aromatic carbocycles. The summed E-state index contributed by atoms with van der Waals surface area (Å²) in [6.07, 6.45) is -0.470. The van der Waals surface area contributed by atoms with E-state index in [1.807, 2.05) is 6.07 Å². The molecule has 0 bridgehead atoms. The van der Waals surface area contributed by atoms with Gasteiger partial charge in [0.2, 0.25) is 17.6 Å².